The Hall–Kier alpha value is -3.86. The maximum absolute atomic E-state index is 13.3. The average molecular weight is 593 g/mol. The van der Waals surface area contributed by atoms with Crippen LogP contribution in [0.5, 0.6) is 11.5 Å². The number of carbonyl (C=O) groups excluding carboxylic acids is 2. The summed E-state index contributed by atoms with van der Waals surface area (Å²) in [5.74, 6) is 1.22. The molecule has 10 heteroatoms. The van der Waals surface area contributed by atoms with Gasteiger partial charge in [0.2, 0.25) is 0 Å². The van der Waals surface area contributed by atoms with Crippen molar-refractivity contribution in [2.24, 2.45) is 5.92 Å². The molecule has 2 N–H and O–H groups in total. The second-order valence-electron chi connectivity index (χ2n) is 13.2. The van der Waals surface area contributed by atoms with Crippen LogP contribution in [0.2, 0.25) is 0 Å². The monoisotopic (exact) mass is 592 g/mol. The van der Waals surface area contributed by atoms with Crippen LogP contribution in [0.3, 0.4) is 0 Å². The van der Waals surface area contributed by atoms with Crippen LogP contribution in [0, 0.1) is 16.3 Å². The third kappa shape index (κ3) is 9.06. The quantitative estimate of drug-likeness (QED) is 0.327. The molecule has 2 aliphatic rings. The van der Waals surface area contributed by atoms with Crippen LogP contribution >= 0.6 is 0 Å². The van der Waals surface area contributed by atoms with E-state index in [1.54, 1.807) is 39.0 Å². The third-order valence-electron chi connectivity index (χ3n) is 6.97. The van der Waals surface area contributed by atoms with Crippen molar-refractivity contribution in [2.75, 3.05) is 5.32 Å². The fraction of sp³-hybridized carbons (Fsp3) is 0.455. The Labute approximate surface area is 253 Å². The second kappa shape index (κ2) is 12.8. The molecule has 1 saturated carbocycles. The summed E-state index contributed by atoms with van der Waals surface area (Å²) in [5, 5.41) is 24.5. The molecule has 2 atom stereocenters. The molecule has 0 aromatic heterocycles. The lowest BCUT2D eigenvalue weighted by molar-refractivity contribution is -0.714. The zero-order valence-corrected chi connectivity index (χ0v) is 26.0. The highest BCUT2D eigenvalue weighted by Gasteiger charge is 2.35. The number of fused-ring (bicyclic) bond motifs is 1. The number of quaternary nitrogens is 1. The fourth-order valence-electron chi connectivity index (χ4n) is 5.13. The number of rotatable bonds is 7. The van der Waals surface area contributed by atoms with E-state index in [9.17, 15) is 20.0 Å². The van der Waals surface area contributed by atoms with Gasteiger partial charge >= 0.3 is 12.2 Å². The topological polar surface area (TPSA) is 128 Å². The van der Waals surface area contributed by atoms with Gasteiger partial charge in [0.25, 0.3) is 0 Å². The van der Waals surface area contributed by atoms with Crippen molar-refractivity contribution < 1.29 is 29.0 Å². The van der Waals surface area contributed by atoms with Crippen molar-refractivity contribution in [3.63, 3.8) is 0 Å². The van der Waals surface area contributed by atoms with E-state index in [-0.39, 0.29) is 29.3 Å². The van der Waals surface area contributed by atoms with Crippen LogP contribution in [0.1, 0.15) is 73.3 Å². The number of amides is 2. The van der Waals surface area contributed by atoms with E-state index >= 15 is 0 Å². The summed E-state index contributed by atoms with van der Waals surface area (Å²) in [4.78, 5) is 27.3. The molecule has 0 bridgehead atoms. The number of anilines is 1. The molecule has 4 rings (SSSR count). The van der Waals surface area contributed by atoms with Gasteiger partial charge in [-0.15, -0.1) is 0 Å². The number of nitrogens with one attached hydrogen (secondary N) is 2. The van der Waals surface area contributed by atoms with Gasteiger partial charge < -0.3 is 34.8 Å². The van der Waals surface area contributed by atoms with Gasteiger partial charge in [0.05, 0.1) is 0 Å². The Balaban J connectivity index is 1.47. The second-order valence-corrected chi connectivity index (χ2v) is 13.2. The highest BCUT2D eigenvalue weighted by atomic mass is 16.8. The Morgan fingerprint density at radius 2 is 1.56 bits per heavy atom. The summed E-state index contributed by atoms with van der Waals surface area (Å²) < 4.78 is 16.9. The largest absolute Gasteiger partial charge is 0.628 e. The average Bonchev–Trinajstić information content (AvgIpc) is 3.29. The summed E-state index contributed by atoms with van der Waals surface area (Å²) in [6.45, 7) is 13.3. The lowest BCUT2D eigenvalue weighted by Gasteiger charge is -2.31. The normalized spacial score (nSPS) is 18.4. The lowest BCUT2D eigenvalue weighted by Crippen LogP contribution is -2.96. The number of allylic oxidation sites excluding steroid dienone is 2. The van der Waals surface area contributed by atoms with E-state index in [1.807, 2.05) is 37.8 Å². The van der Waals surface area contributed by atoms with Crippen molar-refractivity contribution in [1.29, 1.82) is 0 Å². The Kier molecular flexibility index (Phi) is 9.54. The number of hydrogen-bond donors (Lipinski definition) is 2. The van der Waals surface area contributed by atoms with Crippen molar-refractivity contribution in [3.05, 3.63) is 81.7 Å². The Bertz CT molecular complexity index is 1380. The molecule has 2 aromatic rings. The van der Waals surface area contributed by atoms with Crippen molar-refractivity contribution in [1.82, 2.24) is 4.90 Å². The first-order valence-electron chi connectivity index (χ1n) is 14.6. The minimum Gasteiger partial charge on any atom is -0.628 e. The smallest absolute Gasteiger partial charge is 0.412 e. The molecule has 2 aromatic carbocycles. The summed E-state index contributed by atoms with van der Waals surface area (Å²) in [6.07, 6.45) is 6.12. The van der Waals surface area contributed by atoms with Crippen molar-refractivity contribution in [3.8, 4) is 11.5 Å². The highest BCUT2D eigenvalue weighted by Crippen LogP contribution is 2.39. The number of carbonyl (C=O) groups is 2. The molecule has 2 unspecified atom stereocenters. The molecule has 0 spiro atoms. The molecule has 0 heterocycles. The predicted molar refractivity (Wildman–Crippen MR) is 165 cm³/mol. The molecule has 0 saturated heterocycles. The van der Waals surface area contributed by atoms with E-state index in [2.05, 4.69) is 24.4 Å². The molecular formula is C33H42N3O7-. The van der Waals surface area contributed by atoms with E-state index < -0.39 is 22.5 Å². The standard InChI is InChI=1S/C33H42N3O7/c1-21-8-11-23-17-25(18-24(23)16-21)35(31(38)43-33(5,6)7)20-22-9-12-26(13-10-22)41-27-14-15-28(29(19-27)36(39)40)34-30(37)42-32(2,3)4/h9-16,19,21,25,36H,8,17-18,20H2,1-7H3,(H,34,37)/q-1. The summed E-state index contributed by atoms with van der Waals surface area (Å²) >= 11 is 0. The Morgan fingerprint density at radius 1 is 0.930 bits per heavy atom. The van der Waals surface area contributed by atoms with Crippen LogP contribution in [0.25, 0.3) is 0 Å². The van der Waals surface area contributed by atoms with E-state index in [0.717, 1.165) is 24.8 Å². The van der Waals surface area contributed by atoms with Gasteiger partial charge in [0, 0.05) is 18.7 Å². The van der Waals surface area contributed by atoms with Gasteiger partial charge in [-0.2, -0.15) is 0 Å². The summed E-state index contributed by atoms with van der Waals surface area (Å²) in [5.41, 5.74) is 1.98. The fourth-order valence-corrected chi connectivity index (χ4v) is 5.13. The van der Waals surface area contributed by atoms with Crippen LogP contribution in [0.15, 0.2) is 65.8 Å². The van der Waals surface area contributed by atoms with Crippen molar-refractivity contribution in [2.45, 2.75) is 91.5 Å². The van der Waals surface area contributed by atoms with Gasteiger partial charge in [0.1, 0.15) is 28.4 Å². The van der Waals surface area contributed by atoms with Gasteiger partial charge in [0.15, 0.2) is 5.69 Å². The highest BCUT2D eigenvalue weighted by molar-refractivity contribution is 5.88. The van der Waals surface area contributed by atoms with Gasteiger partial charge in [-0.1, -0.05) is 31.2 Å². The van der Waals surface area contributed by atoms with Crippen molar-refractivity contribution >= 4 is 23.6 Å². The summed E-state index contributed by atoms with van der Waals surface area (Å²) in [7, 11) is 0. The minimum absolute atomic E-state index is 0.00410. The van der Waals surface area contributed by atoms with Crippen LogP contribution < -0.4 is 15.3 Å². The Morgan fingerprint density at radius 3 is 2.19 bits per heavy atom. The molecule has 2 amide bonds. The first kappa shape index (κ1) is 32.1. The number of hydrogen-bond acceptors (Lipinski definition) is 7. The van der Waals surface area contributed by atoms with Gasteiger partial charge in [-0.25, -0.2) is 9.59 Å². The SMILES string of the molecule is CC1C=C2CC(N(Cc3ccc(Oc4ccc(NC(=O)OC(C)(C)C)c([NH+]([O-])[O-])c4)cc3)C(=O)OC(C)(C)C)CC2=CC1. The van der Waals surface area contributed by atoms with Crippen LogP contribution in [-0.4, -0.2) is 34.3 Å². The maximum Gasteiger partial charge on any atom is 0.412 e. The van der Waals surface area contributed by atoms with E-state index in [0.29, 0.717) is 18.2 Å². The van der Waals surface area contributed by atoms with Gasteiger partial charge in [-0.3, -0.25) is 5.32 Å². The summed E-state index contributed by atoms with van der Waals surface area (Å²) in [6, 6.07) is 11.5. The van der Waals surface area contributed by atoms with Gasteiger partial charge in [-0.05, 0) is 108 Å². The first-order valence-corrected chi connectivity index (χ1v) is 14.6. The molecule has 0 aliphatic heterocycles. The minimum atomic E-state index is -1.47. The first-order chi connectivity index (χ1) is 20.1. The zero-order valence-electron chi connectivity index (χ0n) is 26.0. The predicted octanol–water partition coefficient (Wildman–Crippen LogP) is 7.13. The third-order valence-corrected chi connectivity index (χ3v) is 6.97. The molecule has 2 aliphatic carbocycles. The molecule has 1 fully saturated rings. The van der Waals surface area contributed by atoms with Crippen LogP contribution in [0.4, 0.5) is 21.0 Å². The molecule has 232 valence electrons. The zero-order chi connectivity index (χ0) is 31.5. The number of nitrogens with zero attached hydrogens (tertiary/aromatic N) is 1. The molecular weight excluding hydrogens is 550 g/mol. The number of benzene rings is 2. The molecule has 43 heavy (non-hydrogen) atoms. The van der Waals surface area contributed by atoms with E-state index in [1.165, 1.54) is 23.3 Å². The van der Waals surface area contributed by atoms with E-state index in [4.69, 9.17) is 14.2 Å². The van der Waals surface area contributed by atoms with Crippen LogP contribution in [-0.2, 0) is 16.0 Å². The molecule has 10 nitrogen and oxygen atoms in total. The lowest BCUT2D eigenvalue weighted by atomic mass is 9.94. The molecule has 0 radical (unpaired) electrons. The maximum atomic E-state index is 13.3. The number of ether oxygens (including phenoxy) is 3.